The van der Waals surface area contributed by atoms with Crippen LogP contribution in [0.3, 0.4) is 0 Å². The van der Waals surface area contributed by atoms with Crippen molar-refractivity contribution in [3.63, 3.8) is 0 Å². The highest BCUT2D eigenvalue weighted by molar-refractivity contribution is 7.89. The van der Waals surface area contributed by atoms with Crippen LogP contribution in [-0.4, -0.2) is 55.1 Å². The van der Waals surface area contributed by atoms with Gasteiger partial charge < -0.3 is 10.5 Å². The summed E-state index contributed by atoms with van der Waals surface area (Å²) in [4.78, 5) is 11.4. The van der Waals surface area contributed by atoms with E-state index in [9.17, 15) is 13.2 Å². The van der Waals surface area contributed by atoms with Crippen LogP contribution >= 0.6 is 0 Å². The van der Waals surface area contributed by atoms with E-state index < -0.39 is 16.0 Å². The first-order chi connectivity index (χ1) is 8.46. The summed E-state index contributed by atoms with van der Waals surface area (Å²) in [6.07, 6.45) is 1.73. The maximum Gasteiger partial charge on any atom is 0.342 e. The predicted octanol–water partition coefficient (Wildman–Crippen LogP) is -1.08. The predicted molar refractivity (Wildman–Crippen MR) is 61.3 cm³/mol. The van der Waals surface area contributed by atoms with Crippen molar-refractivity contribution in [2.24, 2.45) is 5.73 Å². The molecule has 0 aliphatic carbocycles. The van der Waals surface area contributed by atoms with Crippen LogP contribution in [0, 0.1) is 0 Å². The summed E-state index contributed by atoms with van der Waals surface area (Å²) < 4.78 is 30.3. The zero-order valence-corrected chi connectivity index (χ0v) is 10.6. The lowest BCUT2D eigenvalue weighted by molar-refractivity contribution is 0.0596. The minimum absolute atomic E-state index is 0.0991. The van der Waals surface area contributed by atoms with E-state index in [0.717, 1.165) is 6.20 Å². The van der Waals surface area contributed by atoms with E-state index in [0.29, 0.717) is 13.0 Å². The summed E-state index contributed by atoms with van der Waals surface area (Å²) in [5.74, 6) is -0.745. The van der Waals surface area contributed by atoms with Crippen LogP contribution in [0.4, 0.5) is 0 Å². The molecular formula is C9H14N4O4S. The van der Waals surface area contributed by atoms with Crippen LogP contribution in [0.5, 0.6) is 0 Å². The number of hydrogen-bond donors (Lipinski definition) is 2. The van der Waals surface area contributed by atoms with Gasteiger partial charge in [0.2, 0.25) is 0 Å². The van der Waals surface area contributed by atoms with E-state index in [1.54, 1.807) is 0 Å². The first-order valence-electron chi connectivity index (χ1n) is 5.34. The van der Waals surface area contributed by atoms with Crippen molar-refractivity contribution >= 4 is 16.0 Å². The largest absolute Gasteiger partial charge is 0.465 e. The molecule has 8 nitrogen and oxygen atoms in total. The van der Waals surface area contributed by atoms with Gasteiger partial charge in [0.1, 0.15) is 5.56 Å². The van der Waals surface area contributed by atoms with Crippen LogP contribution in [0.15, 0.2) is 11.2 Å². The zero-order chi connectivity index (χ0) is 13.3. The number of aromatic amines is 1. The summed E-state index contributed by atoms with van der Waals surface area (Å²) in [6, 6.07) is -0.177. The summed E-state index contributed by atoms with van der Waals surface area (Å²) in [6.45, 7) is 0.575. The Balaban J connectivity index is 2.36. The van der Waals surface area contributed by atoms with Crippen molar-refractivity contribution in [3.05, 3.63) is 11.8 Å². The summed E-state index contributed by atoms with van der Waals surface area (Å²) in [5.41, 5.74) is 5.58. The van der Waals surface area contributed by atoms with Crippen molar-refractivity contribution < 1.29 is 17.9 Å². The minimum atomic E-state index is -3.78. The molecule has 0 saturated carbocycles. The Bertz CT molecular complexity index is 553. The highest BCUT2D eigenvalue weighted by atomic mass is 32.2. The smallest absolute Gasteiger partial charge is 0.342 e. The average molecular weight is 274 g/mol. The van der Waals surface area contributed by atoms with E-state index in [4.69, 9.17) is 5.73 Å². The molecule has 0 spiro atoms. The van der Waals surface area contributed by atoms with Crippen LogP contribution in [0.2, 0.25) is 0 Å². The molecular weight excluding hydrogens is 260 g/mol. The Morgan fingerprint density at radius 2 is 2.39 bits per heavy atom. The maximum absolute atomic E-state index is 12.3. The Morgan fingerprint density at radius 1 is 1.67 bits per heavy atom. The molecule has 100 valence electrons. The minimum Gasteiger partial charge on any atom is -0.465 e. The van der Waals surface area contributed by atoms with Gasteiger partial charge in [-0.2, -0.15) is 9.40 Å². The molecule has 0 radical (unpaired) electrons. The molecule has 0 unspecified atom stereocenters. The molecule has 18 heavy (non-hydrogen) atoms. The van der Waals surface area contributed by atoms with Gasteiger partial charge in [-0.05, 0) is 6.42 Å². The molecule has 1 saturated heterocycles. The standard InChI is InChI=1S/C9H14N4O4S/c1-17-9(14)7-4-11-12-8(7)18(15,16)13-3-2-6(10)5-13/h4,6H,2-3,5,10H2,1H3,(H,11,12)/t6-/m1/s1. The molecule has 1 fully saturated rings. The molecule has 0 amide bonds. The van der Waals surface area contributed by atoms with Crippen LogP contribution in [-0.2, 0) is 14.8 Å². The number of carbonyl (C=O) groups is 1. The number of H-pyrrole nitrogens is 1. The zero-order valence-electron chi connectivity index (χ0n) is 9.79. The molecule has 1 aromatic heterocycles. The fourth-order valence-electron chi connectivity index (χ4n) is 1.83. The number of nitrogens with zero attached hydrogens (tertiary/aromatic N) is 2. The molecule has 0 aromatic carbocycles. The molecule has 2 rings (SSSR count). The summed E-state index contributed by atoms with van der Waals surface area (Å²) >= 11 is 0. The normalized spacial score (nSPS) is 21.1. The number of aromatic nitrogens is 2. The highest BCUT2D eigenvalue weighted by Gasteiger charge is 2.35. The third-order valence-electron chi connectivity index (χ3n) is 2.79. The fraction of sp³-hybridized carbons (Fsp3) is 0.556. The molecule has 1 atom stereocenters. The van der Waals surface area contributed by atoms with Gasteiger partial charge in [0, 0.05) is 19.1 Å². The Labute approximate surface area is 104 Å². The number of methoxy groups -OCH3 is 1. The molecule has 1 aromatic rings. The van der Waals surface area contributed by atoms with E-state index in [2.05, 4.69) is 14.9 Å². The average Bonchev–Trinajstić information content (AvgIpc) is 2.96. The highest BCUT2D eigenvalue weighted by Crippen LogP contribution is 2.21. The first kappa shape index (κ1) is 13.0. The van der Waals surface area contributed by atoms with Gasteiger partial charge in [0.15, 0.2) is 5.03 Å². The van der Waals surface area contributed by atoms with Gasteiger partial charge in [0.05, 0.1) is 13.3 Å². The molecule has 1 aliphatic heterocycles. The molecule has 1 aliphatic rings. The number of nitrogens with one attached hydrogen (secondary N) is 1. The monoisotopic (exact) mass is 274 g/mol. The lowest BCUT2D eigenvalue weighted by atomic mass is 10.3. The van der Waals surface area contributed by atoms with Gasteiger partial charge in [-0.3, -0.25) is 5.10 Å². The van der Waals surface area contributed by atoms with Gasteiger partial charge in [-0.1, -0.05) is 0 Å². The summed E-state index contributed by atoms with van der Waals surface area (Å²) in [5, 5.41) is 5.67. The second-order valence-electron chi connectivity index (χ2n) is 4.02. The van der Waals surface area contributed by atoms with Gasteiger partial charge in [-0.25, -0.2) is 13.2 Å². The number of hydrogen-bond acceptors (Lipinski definition) is 6. The number of rotatable bonds is 3. The third-order valence-corrected chi connectivity index (χ3v) is 4.63. The molecule has 0 bridgehead atoms. The number of esters is 1. The van der Waals surface area contributed by atoms with Crippen molar-refractivity contribution in [2.75, 3.05) is 20.2 Å². The topological polar surface area (TPSA) is 118 Å². The van der Waals surface area contributed by atoms with Crippen molar-refractivity contribution in [2.45, 2.75) is 17.5 Å². The quantitative estimate of drug-likeness (QED) is 0.677. The van der Waals surface area contributed by atoms with Crippen molar-refractivity contribution in [3.8, 4) is 0 Å². The number of sulfonamides is 1. The van der Waals surface area contributed by atoms with Gasteiger partial charge >= 0.3 is 5.97 Å². The molecule has 3 N–H and O–H groups in total. The number of ether oxygens (including phenoxy) is 1. The first-order valence-corrected chi connectivity index (χ1v) is 6.78. The lowest BCUT2D eigenvalue weighted by Crippen LogP contribution is -2.33. The Kier molecular flexibility index (Phi) is 3.37. The third kappa shape index (κ3) is 2.11. The van der Waals surface area contributed by atoms with Crippen LogP contribution in [0.1, 0.15) is 16.8 Å². The Morgan fingerprint density at radius 3 is 2.94 bits per heavy atom. The number of nitrogens with two attached hydrogens (primary N) is 1. The van der Waals surface area contributed by atoms with E-state index in [1.165, 1.54) is 11.4 Å². The van der Waals surface area contributed by atoms with Crippen LogP contribution < -0.4 is 5.73 Å². The second-order valence-corrected chi connectivity index (χ2v) is 5.89. The SMILES string of the molecule is COC(=O)c1cn[nH]c1S(=O)(=O)N1CC[C@@H](N)C1. The van der Waals surface area contributed by atoms with E-state index in [-0.39, 0.29) is 23.2 Å². The van der Waals surface area contributed by atoms with Crippen molar-refractivity contribution in [1.82, 2.24) is 14.5 Å². The van der Waals surface area contributed by atoms with E-state index in [1.807, 2.05) is 0 Å². The summed E-state index contributed by atoms with van der Waals surface area (Å²) in [7, 11) is -2.60. The van der Waals surface area contributed by atoms with Crippen molar-refractivity contribution in [1.29, 1.82) is 0 Å². The maximum atomic E-state index is 12.3. The van der Waals surface area contributed by atoms with Crippen LogP contribution in [0.25, 0.3) is 0 Å². The van der Waals surface area contributed by atoms with E-state index >= 15 is 0 Å². The lowest BCUT2D eigenvalue weighted by Gasteiger charge is -2.15. The molecule has 9 heteroatoms. The molecule has 2 heterocycles. The van der Waals surface area contributed by atoms with Gasteiger partial charge in [0.25, 0.3) is 10.0 Å². The second kappa shape index (κ2) is 4.67. The van der Waals surface area contributed by atoms with Gasteiger partial charge in [-0.15, -0.1) is 0 Å². The number of carbonyl (C=O) groups excluding carboxylic acids is 1. The Hall–Kier alpha value is -1.45. The fourth-order valence-corrected chi connectivity index (χ4v) is 3.40.